The fraction of sp³-hybridized carbons (Fsp3) is 0.700. The molecule has 5 rings (SSSR count). The second-order valence-corrected chi connectivity index (χ2v) is 8.78. The molecular formula is C20H27NO5. The summed E-state index contributed by atoms with van der Waals surface area (Å²) >= 11 is 0. The van der Waals surface area contributed by atoms with Gasteiger partial charge in [-0.3, -0.25) is 0 Å². The van der Waals surface area contributed by atoms with Gasteiger partial charge in [-0.05, 0) is 43.0 Å². The molecule has 0 aliphatic carbocycles. The fourth-order valence-corrected chi connectivity index (χ4v) is 5.06. The first kappa shape index (κ1) is 16.8. The maximum atomic E-state index is 6.29. The van der Waals surface area contributed by atoms with Crippen LogP contribution in [-0.2, 0) is 24.4 Å². The molecule has 1 N–H and O–H groups in total. The summed E-state index contributed by atoms with van der Waals surface area (Å²) in [5, 5.41) is 3.72. The Morgan fingerprint density at radius 2 is 1.88 bits per heavy atom. The van der Waals surface area contributed by atoms with Crippen LogP contribution in [0.3, 0.4) is 0 Å². The van der Waals surface area contributed by atoms with E-state index in [1.54, 1.807) is 7.11 Å². The molecule has 0 aromatic heterocycles. The Bertz CT molecular complexity index is 733. The number of methoxy groups -OCH3 is 1. The average Bonchev–Trinajstić information content (AvgIpc) is 3.06. The van der Waals surface area contributed by atoms with Gasteiger partial charge in [0, 0.05) is 11.6 Å². The Morgan fingerprint density at radius 1 is 1.08 bits per heavy atom. The van der Waals surface area contributed by atoms with Crippen LogP contribution in [0, 0.1) is 5.92 Å². The molecule has 0 unspecified atom stereocenters. The van der Waals surface area contributed by atoms with Crippen LogP contribution in [0.1, 0.15) is 33.3 Å². The van der Waals surface area contributed by atoms with Gasteiger partial charge in [0.25, 0.3) is 0 Å². The van der Waals surface area contributed by atoms with E-state index in [0.717, 1.165) is 11.4 Å². The Hall–Kier alpha value is -1.34. The van der Waals surface area contributed by atoms with Gasteiger partial charge in [-0.1, -0.05) is 13.8 Å². The minimum absolute atomic E-state index is 0.0627. The zero-order chi connectivity index (χ0) is 18.3. The summed E-state index contributed by atoms with van der Waals surface area (Å²) in [5.41, 5.74) is 2.33. The van der Waals surface area contributed by atoms with Gasteiger partial charge in [0.05, 0.1) is 19.8 Å². The summed E-state index contributed by atoms with van der Waals surface area (Å²) in [5.74, 6) is 0.542. The fourth-order valence-electron chi connectivity index (χ4n) is 5.06. The smallest absolute Gasteiger partial charge is 0.190 e. The van der Waals surface area contributed by atoms with Crippen molar-refractivity contribution in [3.8, 4) is 5.75 Å². The van der Waals surface area contributed by atoms with Gasteiger partial charge in [0.15, 0.2) is 12.1 Å². The van der Waals surface area contributed by atoms with E-state index >= 15 is 0 Å². The number of anilines is 1. The van der Waals surface area contributed by atoms with Crippen molar-refractivity contribution < 1.29 is 23.7 Å². The number of hydrogen-bond acceptors (Lipinski definition) is 6. The van der Waals surface area contributed by atoms with Crippen molar-refractivity contribution in [2.45, 2.75) is 69.5 Å². The highest BCUT2D eigenvalue weighted by Crippen LogP contribution is 2.51. The highest BCUT2D eigenvalue weighted by molar-refractivity contribution is 5.61. The molecule has 142 valence electrons. The number of hydrogen-bond donors (Lipinski definition) is 1. The number of fused-ring (bicyclic) bond motifs is 6. The molecule has 6 nitrogen and oxygen atoms in total. The normalized spacial score (nSPS) is 41.4. The summed E-state index contributed by atoms with van der Waals surface area (Å²) in [7, 11) is 1.70. The van der Waals surface area contributed by atoms with Crippen LogP contribution in [-0.4, -0.2) is 50.1 Å². The first-order valence-electron chi connectivity index (χ1n) is 9.38. The van der Waals surface area contributed by atoms with Crippen molar-refractivity contribution in [1.29, 1.82) is 0 Å². The summed E-state index contributed by atoms with van der Waals surface area (Å²) in [4.78, 5) is 0. The summed E-state index contributed by atoms with van der Waals surface area (Å²) in [6, 6.07) is 6.38. The standard InChI is InChI=1S/C20H27NO5/c1-19(2)11-8-10(22-5)6-7-13(11)21-14-12(19)9-23-16-15(14)24-18-17(16)25-20(3,4)26-18/h6-8,12,14-18,21H,9H2,1-5H3/t12-,14+,15+,16-,17+,18+/m0/s1. The molecule has 0 amide bonds. The third-order valence-electron chi connectivity index (χ3n) is 6.45. The first-order valence-corrected chi connectivity index (χ1v) is 9.38. The van der Waals surface area contributed by atoms with Crippen molar-refractivity contribution in [1.82, 2.24) is 0 Å². The van der Waals surface area contributed by atoms with Gasteiger partial charge in [0.2, 0.25) is 0 Å². The van der Waals surface area contributed by atoms with E-state index in [1.165, 1.54) is 5.56 Å². The van der Waals surface area contributed by atoms with Gasteiger partial charge < -0.3 is 29.0 Å². The average molecular weight is 361 g/mol. The van der Waals surface area contributed by atoms with Crippen LogP contribution >= 0.6 is 0 Å². The Kier molecular flexibility index (Phi) is 3.46. The maximum Gasteiger partial charge on any atom is 0.190 e. The third-order valence-corrected chi connectivity index (χ3v) is 6.45. The molecule has 4 heterocycles. The lowest BCUT2D eigenvalue weighted by molar-refractivity contribution is -0.232. The molecule has 3 fully saturated rings. The number of rotatable bonds is 1. The van der Waals surface area contributed by atoms with Crippen LogP contribution < -0.4 is 10.1 Å². The molecule has 3 saturated heterocycles. The molecule has 4 aliphatic heterocycles. The predicted molar refractivity (Wildman–Crippen MR) is 95.4 cm³/mol. The lowest BCUT2D eigenvalue weighted by Crippen LogP contribution is -2.61. The number of ether oxygens (including phenoxy) is 5. The largest absolute Gasteiger partial charge is 0.497 e. The molecule has 0 spiro atoms. The van der Waals surface area contributed by atoms with Gasteiger partial charge in [-0.25, -0.2) is 0 Å². The number of benzene rings is 1. The Morgan fingerprint density at radius 3 is 2.65 bits per heavy atom. The monoisotopic (exact) mass is 361 g/mol. The van der Waals surface area contributed by atoms with Gasteiger partial charge >= 0.3 is 0 Å². The Balaban J connectivity index is 1.48. The molecule has 0 radical (unpaired) electrons. The van der Waals surface area contributed by atoms with Crippen LogP contribution in [0.15, 0.2) is 18.2 Å². The van der Waals surface area contributed by atoms with E-state index in [0.29, 0.717) is 6.61 Å². The van der Waals surface area contributed by atoms with E-state index < -0.39 is 5.79 Å². The molecule has 4 aliphatic rings. The minimum atomic E-state index is -0.622. The maximum absolute atomic E-state index is 6.29. The van der Waals surface area contributed by atoms with Crippen molar-refractivity contribution in [3.05, 3.63) is 23.8 Å². The molecule has 6 atom stereocenters. The molecule has 1 aromatic carbocycles. The predicted octanol–water partition coefficient (Wildman–Crippen LogP) is 2.66. The van der Waals surface area contributed by atoms with Crippen LogP contribution in [0.2, 0.25) is 0 Å². The summed E-state index contributed by atoms with van der Waals surface area (Å²) < 4.78 is 30.0. The Labute approximate surface area is 154 Å². The van der Waals surface area contributed by atoms with E-state index in [-0.39, 0.29) is 42.0 Å². The van der Waals surface area contributed by atoms with E-state index in [9.17, 15) is 0 Å². The second kappa shape index (κ2) is 5.35. The molecule has 0 saturated carbocycles. The lowest BCUT2D eigenvalue weighted by Gasteiger charge is -2.51. The summed E-state index contributed by atoms with van der Waals surface area (Å²) in [6.45, 7) is 9.05. The molecule has 26 heavy (non-hydrogen) atoms. The van der Waals surface area contributed by atoms with Gasteiger partial charge in [-0.15, -0.1) is 0 Å². The van der Waals surface area contributed by atoms with Crippen molar-refractivity contribution in [3.63, 3.8) is 0 Å². The van der Waals surface area contributed by atoms with Crippen LogP contribution in [0.4, 0.5) is 5.69 Å². The van der Waals surface area contributed by atoms with E-state index in [4.69, 9.17) is 23.7 Å². The lowest BCUT2D eigenvalue weighted by atomic mass is 9.65. The first-order chi connectivity index (χ1) is 12.3. The van der Waals surface area contributed by atoms with Crippen LogP contribution in [0.25, 0.3) is 0 Å². The molecular weight excluding hydrogens is 334 g/mol. The molecule has 0 bridgehead atoms. The van der Waals surface area contributed by atoms with Crippen molar-refractivity contribution >= 4 is 5.69 Å². The highest BCUT2D eigenvalue weighted by atomic mass is 16.8. The zero-order valence-electron chi connectivity index (χ0n) is 15.9. The minimum Gasteiger partial charge on any atom is -0.497 e. The highest BCUT2D eigenvalue weighted by Gasteiger charge is 2.62. The summed E-state index contributed by atoms with van der Waals surface area (Å²) in [6.07, 6.45) is -0.723. The van der Waals surface area contributed by atoms with Crippen LogP contribution in [0.5, 0.6) is 5.75 Å². The van der Waals surface area contributed by atoms with Gasteiger partial charge in [0.1, 0.15) is 24.1 Å². The van der Waals surface area contributed by atoms with E-state index in [2.05, 4.69) is 31.3 Å². The SMILES string of the molecule is COc1ccc2c(c1)C(C)(C)[C@H]1CO[C@H]3[C@H](O[C@@H]4OC(C)(C)O[C@@H]43)[C@@H]1N2. The zero-order valence-corrected chi connectivity index (χ0v) is 15.9. The molecule has 1 aromatic rings. The number of nitrogens with one attached hydrogen (secondary N) is 1. The third kappa shape index (κ3) is 2.26. The van der Waals surface area contributed by atoms with E-state index in [1.807, 2.05) is 19.9 Å². The van der Waals surface area contributed by atoms with Crippen molar-refractivity contribution in [2.75, 3.05) is 19.0 Å². The van der Waals surface area contributed by atoms with Crippen molar-refractivity contribution in [2.24, 2.45) is 5.92 Å². The second-order valence-electron chi connectivity index (χ2n) is 8.78. The quantitative estimate of drug-likeness (QED) is 0.830. The van der Waals surface area contributed by atoms with Gasteiger partial charge in [-0.2, -0.15) is 0 Å². The topological polar surface area (TPSA) is 58.2 Å². The molecule has 6 heteroatoms.